The molecular weight excluding hydrogens is 266 g/mol. The molecule has 0 radical (unpaired) electrons. The highest BCUT2D eigenvalue weighted by atomic mass is 35.5. The van der Waals surface area contributed by atoms with E-state index in [1.165, 1.54) is 0 Å². The number of sulfonamides is 1. The Labute approximate surface area is 108 Å². The van der Waals surface area contributed by atoms with Gasteiger partial charge in [0.15, 0.2) is 0 Å². The summed E-state index contributed by atoms with van der Waals surface area (Å²) in [4.78, 5) is 0. The van der Waals surface area contributed by atoms with Gasteiger partial charge in [0.2, 0.25) is 10.0 Å². The molecule has 0 spiro atoms. The Hall–Kier alpha value is 0.550. The second-order valence-corrected chi connectivity index (χ2v) is 7.59. The number of unbranched alkanes of at least 4 members (excludes halogenated alkanes) is 1. The fraction of sp³-hybridized carbons (Fsp3) is 1.00. The summed E-state index contributed by atoms with van der Waals surface area (Å²) in [6, 6.07) is 0.151. The molecule has 1 aliphatic carbocycles. The van der Waals surface area contributed by atoms with Crippen LogP contribution in [0.4, 0.5) is 0 Å². The van der Waals surface area contributed by atoms with Crippen molar-refractivity contribution in [3.63, 3.8) is 0 Å². The smallest absolute Gasteiger partial charge is 0.211 e. The standard InChI is InChI=1S/C10H20ClNO2S2/c1-15-10-5-4-9(8-10)12-16(13,14)7-3-2-6-11/h9-10,12H,2-8H2,1H3. The molecule has 1 N–H and O–H groups in total. The van der Waals surface area contributed by atoms with Gasteiger partial charge < -0.3 is 0 Å². The van der Waals surface area contributed by atoms with E-state index in [0.717, 1.165) is 25.7 Å². The summed E-state index contributed by atoms with van der Waals surface area (Å²) < 4.78 is 26.2. The zero-order valence-electron chi connectivity index (χ0n) is 9.62. The first-order valence-electron chi connectivity index (χ1n) is 5.66. The normalized spacial score (nSPS) is 26.1. The van der Waals surface area contributed by atoms with Crippen LogP contribution in [-0.2, 0) is 10.0 Å². The highest BCUT2D eigenvalue weighted by molar-refractivity contribution is 7.99. The number of halogens is 1. The topological polar surface area (TPSA) is 46.2 Å². The lowest BCUT2D eigenvalue weighted by atomic mass is 10.3. The molecule has 1 rings (SSSR count). The van der Waals surface area contributed by atoms with Gasteiger partial charge in [0.05, 0.1) is 5.75 Å². The van der Waals surface area contributed by atoms with Gasteiger partial charge in [0.25, 0.3) is 0 Å². The number of hydrogen-bond acceptors (Lipinski definition) is 3. The average molecular weight is 286 g/mol. The molecule has 1 saturated carbocycles. The average Bonchev–Trinajstić information content (AvgIpc) is 2.65. The molecule has 1 fully saturated rings. The summed E-state index contributed by atoms with van der Waals surface area (Å²) in [6.07, 6.45) is 6.56. The van der Waals surface area contributed by atoms with Crippen LogP contribution in [-0.4, -0.2) is 37.6 Å². The third kappa shape index (κ3) is 5.25. The first kappa shape index (κ1) is 14.6. The Kier molecular flexibility index (Phi) is 6.47. The fourth-order valence-electron chi connectivity index (χ4n) is 1.96. The van der Waals surface area contributed by atoms with Crippen LogP contribution in [0.5, 0.6) is 0 Å². The second-order valence-electron chi connectivity index (χ2n) is 4.20. The van der Waals surface area contributed by atoms with Crippen molar-refractivity contribution in [3.8, 4) is 0 Å². The van der Waals surface area contributed by atoms with E-state index in [1.807, 2.05) is 11.8 Å². The largest absolute Gasteiger partial charge is 0.212 e. The van der Waals surface area contributed by atoms with Crippen molar-refractivity contribution < 1.29 is 8.42 Å². The van der Waals surface area contributed by atoms with E-state index in [1.54, 1.807) is 0 Å². The predicted molar refractivity (Wildman–Crippen MR) is 71.8 cm³/mol. The number of nitrogens with one attached hydrogen (secondary N) is 1. The predicted octanol–water partition coefficient (Wildman–Crippen LogP) is 2.21. The van der Waals surface area contributed by atoms with Crippen LogP contribution < -0.4 is 4.72 Å². The summed E-state index contributed by atoms with van der Waals surface area (Å²) in [5.41, 5.74) is 0. The maximum Gasteiger partial charge on any atom is 0.211 e. The molecule has 2 unspecified atom stereocenters. The van der Waals surface area contributed by atoms with Crippen LogP contribution in [0.1, 0.15) is 32.1 Å². The van der Waals surface area contributed by atoms with Crippen molar-refractivity contribution in [1.82, 2.24) is 4.72 Å². The van der Waals surface area contributed by atoms with E-state index in [9.17, 15) is 8.42 Å². The minimum absolute atomic E-state index is 0.151. The zero-order valence-corrected chi connectivity index (χ0v) is 12.0. The maximum absolute atomic E-state index is 11.7. The third-order valence-corrected chi connectivity index (χ3v) is 5.74. The SMILES string of the molecule is CSC1CCC(NS(=O)(=O)CCCCCl)C1. The monoisotopic (exact) mass is 285 g/mol. The van der Waals surface area contributed by atoms with Gasteiger partial charge in [-0.15, -0.1) is 11.6 Å². The number of rotatable bonds is 7. The second kappa shape index (κ2) is 7.09. The van der Waals surface area contributed by atoms with Crippen molar-refractivity contribution in [2.75, 3.05) is 17.9 Å². The van der Waals surface area contributed by atoms with E-state index >= 15 is 0 Å². The molecule has 16 heavy (non-hydrogen) atoms. The molecule has 6 heteroatoms. The highest BCUT2D eigenvalue weighted by Crippen LogP contribution is 2.28. The fourth-order valence-corrected chi connectivity index (χ4v) is 4.37. The van der Waals surface area contributed by atoms with Gasteiger partial charge >= 0.3 is 0 Å². The van der Waals surface area contributed by atoms with E-state index in [0.29, 0.717) is 17.6 Å². The molecule has 3 nitrogen and oxygen atoms in total. The molecule has 1 aliphatic rings. The Morgan fingerprint density at radius 1 is 1.38 bits per heavy atom. The van der Waals surface area contributed by atoms with Crippen LogP contribution in [0.25, 0.3) is 0 Å². The molecule has 2 atom stereocenters. The van der Waals surface area contributed by atoms with Crippen molar-refractivity contribution in [1.29, 1.82) is 0 Å². The van der Waals surface area contributed by atoms with E-state index in [-0.39, 0.29) is 11.8 Å². The van der Waals surface area contributed by atoms with Crippen molar-refractivity contribution in [2.45, 2.75) is 43.4 Å². The van der Waals surface area contributed by atoms with Crippen molar-refractivity contribution in [2.24, 2.45) is 0 Å². The Morgan fingerprint density at radius 2 is 2.12 bits per heavy atom. The van der Waals surface area contributed by atoms with Gasteiger partial charge in [-0.05, 0) is 38.4 Å². The van der Waals surface area contributed by atoms with E-state index < -0.39 is 10.0 Å². The van der Waals surface area contributed by atoms with Crippen LogP contribution in [0, 0.1) is 0 Å². The van der Waals surface area contributed by atoms with Crippen molar-refractivity contribution in [3.05, 3.63) is 0 Å². The molecule has 0 heterocycles. The van der Waals surface area contributed by atoms with E-state index in [4.69, 9.17) is 11.6 Å². The summed E-state index contributed by atoms with van der Waals surface area (Å²) in [7, 11) is -3.09. The van der Waals surface area contributed by atoms with E-state index in [2.05, 4.69) is 11.0 Å². The number of hydrogen-bond donors (Lipinski definition) is 1. The summed E-state index contributed by atoms with van der Waals surface area (Å²) in [6.45, 7) is 0. The molecule has 0 aromatic heterocycles. The molecular formula is C10H20ClNO2S2. The van der Waals surface area contributed by atoms with Crippen LogP contribution in [0.15, 0.2) is 0 Å². The quantitative estimate of drug-likeness (QED) is 0.576. The van der Waals surface area contributed by atoms with Gasteiger partial charge in [0, 0.05) is 17.2 Å². The van der Waals surface area contributed by atoms with Crippen molar-refractivity contribution >= 4 is 33.4 Å². The third-order valence-electron chi connectivity index (χ3n) is 2.86. The summed E-state index contributed by atoms with van der Waals surface area (Å²) >= 11 is 7.35. The molecule has 0 amide bonds. The molecule has 0 bridgehead atoms. The zero-order chi connectivity index (χ0) is 12.0. The number of thioether (sulfide) groups is 1. The maximum atomic E-state index is 11.7. The van der Waals surface area contributed by atoms with Gasteiger partial charge in [-0.2, -0.15) is 11.8 Å². The molecule has 0 aromatic rings. The van der Waals surface area contributed by atoms with Gasteiger partial charge in [0.1, 0.15) is 0 Å². The molecule has 96 valence electrons. The Balaban J connectivity index is 2.30. The van der Waals surface area contributed by atoms with Gasteiger partial charge in [-0.3, -0.25) is 0 Å². The first-order chi connectivity index (χ1) is 7.57. The van der Waals surface area contributed by atoms with Gasteiger partial charge in [-0.25, -0.2) is 13.1 Å². The van der Waals surface area contributed by atoms with Crippen LogP contribution in [0.3, 0.4) is 0 Å². The summed E-state index contributed by atoms with van der Waals surface area (Å²) in [5, 5.41) is 0.621. The Morgan fingerprint density at radius 3 is 2.69 bits per heavy atom. The lowest BCUT2D eigenvalue weighted by molar-refractivity contribution is 0.550. The highest BCUT2D eigenvalue weighted by Gasteiger charge is 2.27. The van der Waals surface area contributed by atoms with Gasteiger partial charge in [-0.1, -0.05) is 0 Å². The minimum Gasteiger partial charge on any atom is -0.212 e. The lowest BCUT2D eigenvalue weighted by Gasteiger charge is -2.12. The molecule has 0 aliphatic heterocycles. The number of alkyl halides is 1. The molecule has 0 aromatic carbocycles. The first-order valence-corrected chi connectivity index (χ1v) is 9.13. The minimum atomic E-state index is -3.09. The van der Waals surface area contributed by atoms with Crippen LogP contribution >= 0.6 is 23.4 Å². The molecule has 0 saturated heterocycles. The summed E-state index contributed by atoms with van der Waals surface area (Å²) in [5.74, 6) is 0.744. The van der Waals surface area contributed by atoms with Crippen LogP contribution in [0.2, 0.25) is 0 Å². The Bertz CT molecular complexity index is 295. The lowest BCUT2D eigenvalue weighted by Crippen LogP contribution is -2.34.